The summed E-state index contributed by atoms with van der Waals surface area (Å²) in [6.45, 7) is 5.67. The Morgan fingerprint density at radius 2 is 1.94 bits per heavy atom. The summed E-state index contributed by atoms with van der Waals surface area (Å²) in [4.78, 5) is 0. The van der Waals surface area contributed by atoms with E-state index in [1.165, 1.54) is 0 Å². The van der Waals surface area contributed by atoms with Gasteiger partial charge in [-0.05, 0) is 30.0 Å². The van der Waals surface area contributed by atoms with Crippen LogP contribution in [0, 0.1) is 5.92 Å². The van der Waals surface area contributed by atoms with Crippen molar-refractivity contribution in [1.29, 1.82) is 0 Å². The Labute approximate surface area is 108 Å². The molecule has 0 aliphatic carbocycles. The molecule has 2 rings (SSSR count). The van der Waals surface area contributed by atoms with Gasteiger partial charge in [0.05, 0.1) is 5.38 Å². The van der Waals surface area contributed by atoms with E-state index in [0.29, 0.717) is 19.1 Å². The van der Waals surface area contributed by atoms with Gasteiger partial charge >= 0.3 is 0 Å². The molecule has 0 N–H and O–H groups in total. The number of hydrogen-bond donors (Lipinski definition) is 0. The first kappa shape index (κ1) is 12.6. The molecule has 0 fully saturated rings. The molecule has 2 unspecified atom stereocenters. The highest BCUT2D eigenvalue weighted by Gasteiger charge is 2.16. The van der Waals surface area contributed by atoms with Gasteiger partial charge in [-0.15, -0.1) is 11.6 Å². The number of alkyl halides is 1. The molecule has 1 aliphatic rings. The summed E-state index contributed by atoms with van der Waals surface area (Å²) in [5.41, 5.74) is 1.12. The van der Waals surface area contributed by atoms with Crippen molar-refractivity contribution >= 4 is 11.6 Å². The van der Waals surface area contributed by atoms with Crippen molar-refractivity contribution < 1.29 is 9.47 Å². The lowest BCUT2D eigenvalue weighted by atomic mass is 9.98. The molecule has 0 radical (unpaired) electrons. The fourth-order valence-corrected chi connectivity index (χ4v) is 2.35. The van der Waals surface area contributed by atoms with E-state index in [0.717, 1.165) is 29.9 Å². The quantitative estimate of drug-likeness (QED) is 0.751. The predicted octanol–water partition coefficient (Wildman–Crippen LogP) is 4.17. The van der Waals surface area contributed by atoms with E-state index in [9.17, 15) is 0 Å². The summed E-state index contributed by atoms with van der Waals surface area (Å²) in [5.74, 6) is 2.29. The fraction of sp³-hybridized carbons (Fsp3) is 0.571. The van der Waals surface area contributed by atoms with Gasteiger partial charge in [0, 0.05) is 0 Å². The van der Waals surface area contributed by atoms with Crippen LogP contribution < -0.4 is 9.47 Å². The number of fused-ring (bicyclic) bond motifs is 1. The second-order valence-electron chi connectivity index (χ2n) is 4.62. The average Bonchev–Trinajstić information content (AvgIpc) is 2.38. The first-order valence-corrected chi connectivity index (χ1v) is 6.68. The van der Waals surface area contributed by atoms with Crippen molar-refractivity contribution in [3.05, 3.63) is 23.8 Å². The van der Waals surface area contributed by atoms with Gasteiger partial charge in [0.2, 0.25) is 0 Å². The van der Waals surface area contributed by atoms with E-state index in [1.807, 2.05) is 18.2 Å². The zero-order chi connectivity index (χ0) is 12.3. The molecule has 1 aromatic rings. The Morgan fingerprint density at radius 1 is 1.24 bits per heavy atom. The Bertz CT molecular complexity index is 378. The van der Waals surface area contributed by atoms with E-state index in [1.54, 1.807) is 0 Å². The normalized spacial score (nSPS) is 17.6. The fourth-order valence-electron chi connectivity index (χ4n) is 1.91. The van der Waals surface area contributed by atoms with Crippen LogP contribution in [0.3, 0.4) is 0 Å². The lowest BCUT2D eigenvalue weighted by molar-refractivity contribution is 0.171. The molecule has 1 heterocycles. The van der Waals surface area contributed by atoms with E-state index < -0.39 is 0 Å². The van der Waals surface area contributed by atoms with E-state index in [-0.39, 0.29) is 5.38 Å². The van der Waals surface area contributed by atoms with Crippen LogP contribution >= 0.6 is 11.6 Å². The minimum absolute atomic E-state index is 0.0563. The number of halogens is 1. The molecule has 1 aliphatic heterocycles. The largest absolute Gasteiger partial charge is 0.486 e. The van der Waals surface area contributed by atoms with Crippen LogP contribution in [0.5, 0.6) is 11.5 Å². The van der Waals surface area contributed by atoms with Crippen molar-refractivity contribution in [2.45, 2.75) is 32.1 Å². The Kier molecular flexibility index (Phi) is 4.16. The highest BCUT2D eigenvalue weighted by atomic mass is 35.5. The summed E-state index contributed by atoms with van der Waals surface area (Å²) >= 11 is 6.43. The highest BCUT2D eigenvalue weighted by molar-refractivity contribution is 6.20. The monoisotopic (exact) mass is 254 g/mol. The van der Waals surface area contributed by atoms with Gasteiger partial charge in [0.25, 0.3) is 0 Å². The van der Waals surface area contributed by atoms with Crippen LogP contribution in [-0.2, 0) is 0 Å². The maximum Gasteiger partial charge on any atom is 0.161 e. The Balaban J connectivity index is 2.10. The van der Waals surface area contributed by atoms with Crippen molar-refractivity contribution in [2.24, 2.45) is 5.92 Å². The molecular weight excluding hydrogens is 236 g/mol. The molecule has 17 heavy (non-hydrogen) atoms. The highest BCUT2D eigenvalue weighted by Crippen LogP contribution is 2.36. The minimum atomic E-state index is 0.0563. The first-order chi connectivity index (χ1) is 8.20. The molecule has 0 bridgehead atoms. The Morgan fingerprint density at radius 3 is 2.65 bits per heavy atom. The number of benzene rings is 1. The molecule has 0 aromatic heterocycles. The molecule has 2 atom stereocenters. The van der Waals surface area contributed by atoms with Gasteiger partial charge in [-0.25, -0.2) is 0 Å². The van der Waals surface area contributed by atoms with Gasteiger partial charge in [0.15, 0.2) is 11.5 Å². The number of rotatable bonds is 4. The van der Waals surface area contributed by atoms with Gasteiger partial charge in [0.1, 0.15) is 13.2 Å². The second-order valence-corrected chi connectivity index (χ2v) is 5.15. The van der Waals surface area contributed by atoms with Crippen molar-refractivity contribution in [1.82, 2.24) is 0 Å². The Hall–Kier alpha value is -0.890. The van der Waals surface area contributed by atoms with Crippen LogP contribution in [0.4, 0.5) is 0 Å². The van der Waals surface area contributed by atoms with Crippen LogP contribution in [-0.4, -0.2) is 13.2 Å². The van der Waals surface area contributed by atoms with Gasteiger partial charge in [-0.2, -0.15) is 0 Å². The number of ether oxygens (including phenoxy) is 2. The van der Waals surface area contributed by atoms with Gasteiger partial charge in [-0.3, -0.25) is 0 Å². The third kappa shape index (κ3) is 3.06. The minimum Gasteiger partial charge on any atom is -0.486 e. The molecule has 3 heteroatoms. The molecule has 1 aromatic carbocycles. The molecule has 94 valence electrons. The average molecular weight is 255 g/mol. The summed E-state index contributed by atoms with van der Waals surface area (Å²) in [6.07, 6.45) is 2.16. The topological polar surface area (TPSA) is 18.5 Å². The third-order valence-corrected chi connectivity index (χ3v) is 3.66. The maximum atomic E-state index is 6.43. The van der Waals surface area contributed by atoms with E-state index in [2.05, 4.69) is 13.8 Å². The van der Waals surface area contributed by atoms with Crippen molar-refractivity contribution in [3.8, 4) is 11.5 Å². The molecule has 0 saturated carbocycles. The molecule has 0 saturated heterocycles. The number of hydrogen-bond acceptors (Lipinski definition) is 2. The van der Waals surface area contributed by atoms with Crippen molar-refractivity contribution in [3.63, 3.8) is 0 Å². The standard InChI is InChI=1S/C14H19ClO2/c1-3-10(2)8-12(15)11-4-5-13-14(9-11)17-7-6-16-13/h4-5,9-10,12H,3,6-8H2,1-2H3. The summed E-state index contributed by atoms with van der Waals surface area (Å²) in [6, 6.07) is 6.00. The predicted molar refractivity (Wildman–Crippen MR) is 70.1 cm³/mol. The molecule has 2 nitrogen and oxygen atoms in total. The van der Waals surface area contributed by atoms with Gasteiger partial charge in [-0.1, -0.05) is 26.3 Å². The third-order valence-electron chi connectivity index (χ3n) is 3.23. The summed E-state index contributed by atoms with van der Waals surface area (Å²) in [7, 11) is 0. The van der Waals surface area contributed by atoms with E-state index in [4.69, 9.17) is 21.1 Å². The summed E-state index contributed by atoms with van der Waals surface area (Å²) < 4.78 is 11.1. The van der Waals surface area contributed by atoms with Crippen molar-refractivity contribution in [2.75, 3.05) is 13.2 Å². The lowest BCUT2D eigenvalue weighted by Crippen LogP contribution is -2.15. The SMILES string of the molecule is CCC(C)CC(Cl)c1ccc2c(c1)OCCO2. The summed E-state index contributed by atoms with van der Waals surface area (Å²) in [5, 5.41) is 0.0563. The van der Waals surface area contributed by atoms with Crippen LogP contribution in [0.25, 0.3) is 0 Å². The van der Waals surface area contributed by atoms with Crippen LogP contribution in [0.1, 0.15) is 37.6 Å². The second kappa shape index (κ2) is 5.63. The maximum absolute atomic E-state index is 6.43. The van der Waals surface area contributed by atoms with Crippen LogP contribution in [0.2, 0.25) is 0 Å². The lowest BCUT2D eigenvalue weighted by Gasteiger charge is -2.20. The molecular formula is C14H19ClO2. The first-order valence-electron chi connectivity index (χ1n) is 6.24. The zero-order valence-corrected chi connectivity index (χ0v) is 11.2. The van der Waals surface area contributed by atoms with E-state index >= 15 is 0 Å². The molecule has 0 amide bonds. The van der Waals surface area contributed by atoms with Crippen LogP contribution in [0.15, 0.2) is 18.2 Å². The smallest absolute Gasteiger partial charge is 0.161 e. The zero-order valence-electron chi connectivity index (χ0n) is 10.4. The molecule has 0 spiro atoms. The van der Waals surface area contributed by atoms with Gasteiger partial charge < -0.3 is 9.47 Å².